The Morgan fingerprint density at radius 2 is 2.00 bits per heavy atom. The molecule has 1 heterocycles. The molecule has 1 aliphatic heterocycles. The molecule has 0 aromatic heterocycles. The Balaban J connectivity index is 2.09. The van der Waals surface area contributed by atoms with E-state index in [1.807, 2.05) is 6.07 Å². The zero-order valence-electron chi connectivity index (χ0n) is 10.2. The van der Waals surface area contributed by atoms with E-state index in [1.54, 1.807) is 12.1 Å². The average Bonchev–Trinajstić information content (AvgIpc) is 2.93. The summed E-state index contributed by atoms with van der Waals surface area (Å²) in [5.74, 6) is -0.254. The predicted molar refractivity (Wildman–Crippen MR) is 66.9 cm³/mol. The zero-order chi connectivity index (χ0) is 12.6. The Hall–Kier alpha value is -1.67. The molecule has 3 nitrogen and oxygen atoms in total. The third-order valence-corrected chi connectivity index (χ3v) is 3.89. The molecule has 1 saturated carbocycles. The lowest BCUT2D eigenvalue weighted by Crippen LogP contribution is -2.22. The Morgan fingerprint density at radius 1 is 1.28 bits per heavy atom. The number of hydrogen-bond donors (Lipinski definition) is 0. The lowest BCUT2D eigenvalue weighted by molar-refractivity contribution is 0.547. The van der Waals surface area contributed by atoms with Crippen LogP contribution in [0.5, 0.6) is 0 Å². The van der Waals surface area contributed by atoms with Gasteiger partial charge < -0.3 is 4.90 Å². The second kappa shape index (κ2) is 4.21. The van der Waals surface area contributed by atoms with E-state index < -0.39 is 5.54 Å². The number of anilines is 1. The van der Waals surface area contributed by atoms with E-state index in [1.165, 1.54) is 6.07 Å². The van der Waals surface area contributed by atoms with Crippen molar-refractivity contribution in [2.24, 2.45) is 4.99 Å². The first-order valence-corrected chi connectivity index (χ1v) is 6.40. The molecule has 1 aromatic rings. The molecule has 3 rings (SSSR count). The summed E-state index contributed by atoms with van der Waals surface area (Å²) in [5, 5.41) is 0. The molecule has 2 fully saturated rings. The molecule has 0 bridgehead atoms. The van der Waals surface area contributed by atoms with Crippen LogP contribution in [0.25, 0.3) is 0 Å². The lowest BCUT2D eigenvalue weighted by Gasteiger charge is -2.24. The molecule has 4 heteroatoms. The molecule has 2 aliphatic rings. The third kappa shape index (κ3) is 1.73. The van der Waals surface area contributed by atoms with Crippen molar-refractivity contribution in [3.63, 3.8) is 0 Å². The van der Waals surface area contributed by atoms with Crippen LogP contribution in [0.2, 0.25) is 0 Å². The maximum Gasteiger partial charge on any atom is 0.235 e. The highest BCUT2D eigenvalue weighted by Gasteiger charge is 2.48. The zero-order valence-corrected chi connectivity index (χ0v) is 10.2. The van der Waals surface area contributed by atoms with Crippen LogP contribution >= 0.6 is 0 Å². The summed E-state index contributed by atoms with van der Waals surface area (Å²) in [4.78, 5) is 16.6. The van der Waals surface area contributed by atoms with E-state index in [0.717, 1.165) is 44.5 Å². The Labute approximate surface area is 105 Å². The molecule has 0 atom stereocenters. The second-order valence-electron chi connectivity index (χ2n) is 5.06. The fraction of sp³-hybridized carbons (Fsp3) is 0.500. The van der Waals surface area contributed by atoms with Crippen molar-refractivity contribution in [2.75, 3.05) is 18.0 Å². The maximum absolute atomic E-state index is 14.1. The van der Waals surface area contributed by atoms with E-state index in [4.69, 9.17) is 0 Å². The number of carbonyl (C=O) groups excluding carboxylic acids is 1. The molecule has 0 unspecified atom stereocenters. The van der Waals surface area contributed by atoms with Crippen LogP contribution in [0.15, 0.2) is 23.2 Å². The van der Waals surface area contributed by atoms with Gasteiger partial charge in [0.2, 0.25) is 6.08 Å². The van der Waals surface area contributed by atoms with Gasteiger partial charge in [0.25, 0.3) is 0 Å². The standard InChI is InChI=1S/C14H15FN2O/c15-11-4-3-5-12(17-8-1-2-9-17)13(11)14(6-7-14)16-10-18/h3-5H,1-2,6-9H2. The number of nitrogens with zero attached hydrogens (tertiary/aromatic N) is 2. The van der Waals surface area contributed by atoms with Gasteiger partial charge in [-0.15, -0.1) is 0 Å². The SMILES string of the molecule is O=C=NC1(c2c(F)cccc2N2CCCC2)CC1. The summed E-state index contributed by atoms with van der Waals surface area (Å²) in [6, 6.07) is 5.12. The van der Waals surface area contributed by atoms with Crippen LogP contribution < -0.4 is 4.90 Å². The predicted octanol–water partition coefficient (Wildman–Crippen LogP) is 2.75. The summed E-state index contributed by atoms with van der Waals surface area (Å²) in [6.45, 7) is 1.91. The molecule has 1 aromatic carbocycles. The summed E-state index contributed by atoms with van der Waals surface area (Å²) in [5.41, 5.74) is 0.865. The number of benzene rings is 1. The summed E-state index contributed by atoms with van der Waals surface area (Å²) in [6.07, 6.45) is 5.36. The molecular formula is C14H15FN2O. The molecule has 0 spiro atoms. The molecule has 94 valence electrons. The first-order chi connectivity index (χ1) is 8.77. The van der Waals surface area contributed by atoms with Gasteiger partial charge >= 0.3 is 0 Å². The van der Waals surface area contributed by atoms with Gasteiger partial charge in [-0.3, -0.25) is 0 Å². The molecule has 18 heavy (non-hydrogen) atoms. The minimum Gasteiger partial charge on any atom is -0.371 e. The monoisotopic (exact) mass is 246 g/mol. The number of isocyanates is 1. The molecule has 1 saturated heterocycles. The third-order valence-electron chi connectivity index (χ3n) is 3.89. The fourth-order valence-electron chi connectivity index (χ4n) is 2.82. The fourth-order valence-corrected chi connectivity index (χ4v) is 2.82. The Morgan fingerprint density at radius 3 is 2.61 bits per heavy atom. The van der Waals surface area contributed by atoms with Crippen LogP contribution in [-0.2, 0) is 10.3 Å². The topological polar surface area (TPSA) is 32.7 Å². The van der Waals surface area contributed by atoms with Gasteiger partial charge in [-0.25, -0.2) is 9.18 Å². The Bertz CT molecular complexity index is 513. The second-order valence-corrected chi connectivity index (χ2v) is 5.06. The van der Waals surface area contributed by atoms with Gasteiger partial charge in [0.05, 0.1) is 0 Å². The maximum atomic E-state index is 14.1. The lowest BCUT2D eigenvalue weighted by atomic mass is 10.0. The van der Waals surface area contributed by atoms with Gasteiger partial charge in [-0.05, 0) is 37.8 Å². The van der Waals surface area contributed by atoms with Crippen LogP contribution in [-0.4, -0.2) is 19.2 Å². The van der Waals surface area contributed by atoms with Crippen LogP contribution in [0.4, 0.5) is 10.1 Å². The van der Waals surface area contributed by atoms with Crippen molar-refractivity contribution in [3.8, 4) is 0 Å². The molecule has 0 radical (unpaired) electrons. The number of halogens is 1. The largest absolute Gasteiger partial charge is 0.371 e. The normalized spacial score (nSPS) is 20.6. The van der Waals surface area contributed by atoms with Crippen LogP contribution in [0.1, 0.15) is 31.2 Å². The van der Waals surface area contributed by atoms with Crippen molar-refractivity contribution in [2.45, 2.75) is 31.2 Å². The van der Waals surface area contributed by atoms with Crippen LogP contribution in [0.3, 0.4) is 0 Å². The van der Waals surface area contributed by atoms with E-state index in [2.05, 4.69) is 9.89 Å². The van der Waals surface area contributed by atoms with Crippen molar-refractivity contribution < 1.29 is 9.18 Å². The molecule has 0 amide bonds. The molecule has 1 aliphatic carbocycles. The van der Waals surface area contributed by atoms with Gasteiger partial charge in [-0.1, -0.05) is 6.07 Å². The minimum absolute atomic E-state index is 0.254. The van der Waals surface area contributed by atoms with E-state index in [-0.39, 0.29) is 5.82 Å². The highest BCUT2D eigenvalue weighted by atomic mass is 19.1. The average molecular weight is 246 g/mol. The highest BCUT2D eigenvalue weighted by molar-refractivity contribution is 5.60. The highest BCUT2D eigenvalue weighted by Crippen LogP contribution is 2.53. The van der Waals surface area contributed by atoms with E-state index >= 15 is 0 Å². The van der Waals surface area contributed by atoms with E-state index in [0.29, 0.717) is 5.56 Å². The summed E-state index contributed by atoms with van der Waals surface area (Å²) < 4.78 is 14.1. The van der Waals surface area contributed by atoms with Gasteiger partial charge in [0.15, 0.2) is 0 Å². The van der Waals surface area contributed by atoms with Gasteiger partial charge in [0, 0.05) is 24.3 Å². The van der Waals surface area contributed by atoms with Gasteiger partial charge in [-0.2, -0.15) is 4.99 Å². The first kappa shape index (κ1) is 11.4. The molecular weight excluding hydrogens is 231 g/mol. The summed E-state index contributed by atoms with van der Waals surface area (Å²) >= 11 is 0. The smallest absolute Gasteiger partial charge is 0.235 e. The van der Waals surface area contributed by atoms with E-state index in [9.17, 15) is 9.18 Å². The van der Waals surface area contributed by atoms with Crippen molar-refractivity contribution in [3.05, 3.63) is 29.6 Å². The number of aliphatic imine (C=N–C) groups is 1. The minimum atomic E-state index is -0.634. The van der Waals surface area contributed by atoms with Gasteiger partial charge in [0.1, 0.15) is 11.4 Å². The Kier molecular flexibility index (Phi) is 2.67. The number of rotatable bonds is 3. The molecule has 0 N–H and O–H groups in total. The van der Waals surface area contributed by atoms with Crippen LogP contribution in [0, 0.1) is 5.82 Å². The number of hydrogen-bond acceptors (Lipinski definition) is 3. The van der Waals surface area contributed by atoms with Crippen molar-refractivity contribution >= 4 is 11.8 Å². The van der Waals surface area contributed by atoms with Crippen molar-refractivity contribution in [1.29, 1.82) is 0 Å². The summed E-state index contributed by atoms with van der Waals surface area (Å²) in [7, 11) is 0. The quantitative estimate of drug-likeness (QED) is 0.607. The first-order valence-electron chi connectivity index (χ1n) is 6.40. The van der Waals surface area contributed by atoms with Crippen molar-refractivity contribution in [1.82, 2.24) is 0 Å².